The second-order valence-corrected chi connectivity index (χ2v) is 15.3. The summed E-state index contributed by atoms with van der Waals surface area (Å²) in [5.41, 5.74) is 4.69. The Hall–Kier alpha value is -0.520. The minimum absolute atomic E-state index is 0.525. The Morgan fingerprint density at radius 1 is 0.917 bits per heavy atom. The maximum absolute atomic E-state index is 2.77. The summed E-state index contributed by atoms with van der Waals surface area (Å²) in [7, 11) is 0. The molecule has 0 aromatic rings. The van der Waals surface area contributed by atoms with Crippen molar-refractivity contribution >= 4 is 0 Å². The molecule has 0 heteroatoms. The Morgan fingerprint density at radius 3 is 2.33 bits per heavy atom. The summed E-state index contributed by atoms with van der Waals surface area (Å²) in [5, 5.41) is 0. The van der Waals surface area contributed by atoms with Crippen molar-refractivity contribution in [3.05, 3.63) is 29.7 Å². The number of allylic oxidation sites excluding steroid dienone is 4. The Labute approximate surface area is 225 Å². The SMILES string of the molecule is CC(C)CCC[C@@H](C)[C@H]1CC[C@H]2[C@@H]3CC=C4C[C@@H](C5=C[CH]5)CCC4(C)[C@H]3CC[C@]12C.CCCC1CC1. The van der Waals surface area contributed by atoms with Crippen molar-refractivity contribution in [2.75, 3.05) is 0 Å². The van der Waals surface area contributed by atoms with Gasteiger partial charge in [0.25, 0.3) is 0 Å². The minimum atomic E-state index is 0.525. The topological polar surface area (TPSA) is 0 Å². The van der Waals surface area contributed by atoms with Crippen molar-refractivity contribution in [2.24, 2.45) is 58.2 Å². The van der Waals surface area contributed by atoms with Crippen molar-refractivity contribution in [1.29, 1.82) is 0 Å². The molecule has 0 saturated heterocycles. The molecule has 1 radical (unpaired) electrons. The summed E-state index contributed by atoms with van der Waals surface area (Å²) >= 11 is 0. The van der Waals surface area contributed by atoms with E-state index >= 15 is 0 Å². The van der Waals surface area contributed by atoms with E-state index in [9.17, 15) is 0 Å². The summed E-state index contributed by atoms with van der Waals surface area (Å²) in [6.45, 7) is 15.1. The van der Waals surface area contributed by atoms with E-state index in [1.165, 1.54) is 96.3 Å². The third-order valence-electron chi connectivity index (χ3n) is 12.5. The van der Waals surface area contributed by atoms with Crippen molar-refractivity contribution in [2.45, 2.75) is 138 Å². The highest BCUT2D eigenvalue weighted by Gasteiger charge is 2.59. The maximum Gasteiger partial charge on any atom is 0.00833 e. The predicted octanol–water partition coefficient (Wildman–Crippen LogP) is 11.0. The van der Waals surface area contributed by atoms with Crippen molar-refractivity contribution < 1.29 is 0 Å². The molecule has 0 aromatic heterocycles. The van der Waals surface area contributed by atoms with E-state index < -0.39 is 0 Å². The molecular weight excluding hydrogens is 432 g/mol. The number of hydrogen-bond acceptors (Lipinski definition) is 0. The summed E-state index contributed by atoms with van der Waals surface area (Å²) in [4.78, 5) is 0. The number of fused-ring (bicyclic) bond motifs is 5. The van der Waals surface area contributed by atoms with Crippen molar-refractivity contribution in [1.82, 2.24) is 0 Å². The lowest BCUT2D eigenvalue weighted by atomic mass is 9.46. The van der Waals surface area contributed by atoms with Crippen LogP contribution in [0.5, 0.6) is 0 Å². The zero-order chi connectivity index (χ0) is 25.5. The van der Waals surface area contributed by atoms with Gasteiger partial charge in [-0.15, -0.1) is 0 Å². The van der Waals surface area contributed by atoms with Gasteiger partial charge in [-0.2, -0.15) is 0 Å². The van der Waals surface area contributed by atoms with E-state index in [1.54, 1.807) is 5.57 Å². The first-order chi connectivity index (χ1) is 17.3. The second-order valence-electron chi connectivity index (χ2n) is 15.3. The smallest absolute Gasteiger partial charge is 0.00833 e. The first-order valence-corrected chi connectivity index (χ1v) is 16.5. The van der Waals surface area contributed by atoms with Crippen LogP contribution in [-0.2, 0) is 0 Å². The Morgan fingerprint density at radius 2 is 1.69 bits per heavy atom. The van der Waals surface area contributed by atoms with Crippen LogP contribution in [0.4, 0.5) is 0 Å². The van der Waals surface area contributed by atoms with E-state index in [4.69, 9.17) is 0 Å². The number of hydrogen-bond donors (Lipinski definition) is 0. The Kier molecular flexibility index (Phi) is 8.21. The molecule has 6 aliphatic rings. The molecule has 0 N–H and O–H groups in total. The van der Waals surface area contributed by atoms with Crippen LogP contribution in [0.15, 0.2) is 23.3 Å². The highest BCUT2D eigenvalue weighted by molar-refractivity contribution is 5.43. The van der Waals surface area contributed by atoms with Gasteiger partial charge in [0.15, 0.2) is 0 Å². The first-order valence-electron chi connectivity index (χ1n) is 16.5. The molecule has 0 aromatic carbocycles. The minimum Gasteiger partial charge on any atom is -0.0845 e. The summed E-state index contributed by atoms with van der Waals surface area (Å²) in [6, 6.07) is 0. The third-order valence-corrected chi connectivity index (χ3v) is 12.5. The van der Waals surface area contributed by atoms with Crippen LogP contribution in [0.3, 0.4) is 0 Å². The molecule has 1 unspecified atom stereocenters. The Bertz CT molecular complexity index is 810. The molecule has 0 spiro atoms. The van der Waals surface area contributed by atoms with Gasteiger partial charge >= 0.3 is 0 Å². The molecule has 203 valence electrons. The largest absolute Gasteiger partial charge is 0.0845 e. The van der Waals surface area contributed by atoms with Crippen LogP contribution in [0.25, 0.3) is 0 Å². The maximum atomic E-state index is 2.77. The molecule has 0 bridgehead atoms. The number of rotatable bonds is 8. The zero-order valence-electron chi connectivity index (χ0n) is 25.0. The zero-order valence-corrected chi connectivity index (χ0v) is 25.0. The summed E-state index contributed by atoms with van der Waals surface area (Å²) in [5.74, 6) is 7.75. The fourth-order valence-corrected chi connectivity index (χ4v) is 10.1. The van der Waals surface area contributed by atoms with Gasteiger partial charge in [0.2, 0.25) is 0 Å². The van der Waals surface area contributed by atoms with Crippen LogP contribution in [0, 0.1) is 64.6 Å². The first kappa shape index (κ1) is 27.1. The molecule has 8 atom stereocenters. The van der Waals surface area contributed by atoms with Gasteiger partial charge in [0.1, 0.15) is 0 Å². The average Bonchev–Trinajstić information content (AvgIpc) is 3.77. The van der Waals surface area contributed by atoms with Crippen LogP contribution in [0.1, 0.15) is 138 Å². The van der Waals surface area contributed by atoms with Gasteiger partial charge < -0.3 is 0 Å². The average molecular weight is 492 g/mol. The molecule has 0 nitrogen and oxygen atoms in total. The van der Waals surface area contributed by atoms with E-state index in [0.717, 1.165) is 47.3 Å². The third kappa shape index (κ3) is 5.45. The van der Waals surface area contributed by atoms with Gasteiger partial charge in [0.05, 0.1) is 0 Å². The molecule has 4 saturated carbocycles. The molecule has 6 aliphatic carbocycles. The highest BCUT2D eigenvalue weighted by atomic mass is 14.6. The standard InChI is InChI=1S/C30H47.C6H12/c1-20(2)7-6-8-21(3)26-13-14-27-25-12-11-24-19-23(22-9-10-22)15-17-29(24,4)28(25)16-18-30(26,27)5;1-2-3-6-4-5-6/h9-11,20-21,23,25-28H,6-8,12-19H2,1-5H3;6H,2-5H2,1H3/t21-,23+,25+,26-,27+,28+,29?,30-;/m1./s1. The molecule has 6 rings (SSSR count). The van der Waals surface area contributed by atoms with E-state index in [1.807, 2.05) is 5.57 Å². The molecular formula is C36H59. The van der Waals surface area contributed by atoms with Gasteiger partial charge in [-0.25, -0.2) is 0 Å². The van der Waals surface area contributed by atoms with E-state index in [2.05, 4.69) is 60.1 Å². The lowest BCUT2D eigenvalue weighted by molar-refractivity contribution is -0.0517. The Balaban J connectivity index is 0.000000391. The normalized spacial score (nSPS) is 41.8. The van der Waals surface area contributed by atoms with Crippen LogP contribution in [-0.4, -0.2) is 0 Å². The van der Waals surface area contributed by atoms with E-state index in [0.29, 0.717) is 10.8 Å². The quantitative estimate of drug-likeness (QED) is 0.296. The van der Waals surface area contributed by atoms with Gasteiger partial charge in [-0.3, -0.25) is 0 Å². The molecule has 4 fully saturated rings. The van der Waals surface area contributed by atoms with E-state index in [-0.39, 0.29) is 0 Å². The monoisotopic (exact) mass is 491 g/mol. The highest BCUT2D eigenvalue weighted by Crippen LogP contribution is 2.68. The fraction of sp³-hybridized carbons (Fsp3) is 0.861. The van der Waals surface area contributed by atoms with Crippen LogP contribution >= 0.6 is 0 Å². The predicted molar refractivity (Wildman–Crippen MR) is 157 cm³/mol. The van der Waals surface area contributed by atoms with Gasteiger partial charge in [0, 0.05) is 6.42 Å². The fourth-order valence-electron chi connectivity index (χ4n) is 10.1. The van der Waals surface area contributed by atoms with Crippen molar-refractivity contribution in [3.63, 3.8) is 0 Å². The summed E-state index contributed by atoms with van der Waals surface area (Å²) in [6.07, 6.45) is 29.5. The lowest BCUT2D eigenvalue weighted by Gasteiger charge is -2.58. The molecule has 36 heavy (non-hydrogen) atoms. The summed E-state index contributed by atoms with van der Waals surface area (Å²) < 4.78 is 0. The van der Waals surface area contributed by atoms with Gasteiger partial charge in [-0.1, -0.05) is 110 Å². The van der Waals surface area contributed by atoms with Crippen LogP contribution < -0.4 is 0 Å². The van der Waals surface area contributed by atoms with Crippen LogP contribution in [0.2, 0.25) is 0 Å². The molecule has 0 heterocycles. The van der Waals surface area contributed by atoms with Crippen molar-refractivity contribution in [3.8, 4) is 0 Å². The second kappa shape index (κ2) is 10.9. The molecule has 0 amide bonds. The molecule has 0 aliphatic heterocycles. The lowest BCUT2D eigenvalue weighted by Crippen LogP contribution is -2.50. The van der Waals surface area contributed by atoms with Gasteiger partial charge in [-0.05, 0) is 110 Å².